The number of aryl methyl sites for hydroxylation is 1. The Labute approximate surface area is 175 Å². The second kappa shape index (κ2) is 8.46. The molecular formula is C19H27N5O5S. The van der Waals surface area contributed by atoms with Crippen molar-refractivity contribution in [3.8, 4) is 0 Å². The van der Waals surface area contributed by atoms with Crippen LogP contribution in [0.15, 0.2) is 6.20 Å². The van der Waals surface area contributed by atoms with Crippen molar-refractivity contribution >= 4 is 27.7 Å². The quantitative estimate of drug-likeness (QED) is 0.592. The van der Waals surface area contributed by atoms with Crippen molar-refractivity contribution in [3.05, 3.63) is 17.5 Å². The summed E-state index contributed by atoms with van der Waals surface area (Å²) in [5, 5.41) is 4.31. The van der Waals surface area contributed by atoms with E-state index in [1.165, 1.54) is 4.31 Å². The minimum atomic E-state index is -3.61. The van der Waals surface area contributed by atoms with Gasteiger partial charge in [0.1, 0.15) is 0 Å². The van der Waals surface area contributed by atoms with Crippen LogP contribution in [0.3, 0.4) is 0 Å². The van der Waals surface area contributed by atoms with E-state index in [-0.39, 0.29) is 56.0 Å². The first-order valence-electron chi connectivity index (χ1n) is 10.5. The van der Waals surface area contributed by atoms with E-state index >= 15 is 0 Å². The molecule has 3 aliphatic heterocycles. The Bertz CT molecular complexity index is 933. The molecule has 0 spiro atoms. The molecular weight excluding hydrogens is 410 g/mol. The van der Waals surface area contributed by atoms with Crippen LogP contribution in [0.1, 0.15) is 48.2 Å². The molecule has 0 saturated carbocycles. The van der Waals surface area contributed by atoms with Gasteiger partial charge in [0.2, 0.25) is 21.8 Å². The van der Waals surface area contributed by atoms with Crippen molar-refractivity contribution in [2.24, 2.45) is 0 Å². The number of piperidine rings is 1. The van der Waals surface area contributed by atoms with Gasteiger partial charge in [-0.15, -0.1) is 0 Å². The predicted molar refractivity (Wildman–Crippen MR) is 107 cm³/mol. The lowest BCUT2D eigenvalue weighted by molar-refractivity contribution is -0.147. The lowest BCUT2D eigenvalue weighted by Gasteiger charge is -2.34. The summed E-state index contributed by atoms with van der Waals surface area (Å²) < 4.78 is 28.6. The molecule has 2 fully saturated rings. The van der Waals surface area contributed by atoms with Crippen LogP contribution in [0.4, 0.5) is 0 Å². The average Bonchev–Trinajstić information content (AvgIpc) is 3.17. The van der Waals surface area contributed by atoms with Gasteiger partial charge in [0.25, 0.3) is 5.91 Å². The molecule has 0 aromatic carbocycles. The molecule has 3 amide bonds. The first kappa shape index (κ1) is 21.0. The highest BCUT2D eigenvalue weighted by Crippen LogP contribution is 2.21. The minimum absolute atomic E-state index is 0.0975. The van der Waals surface area contributed by atoms with Crippen molar-refractivity contribution in [2.75, 3.05) is 38.5 Å². The van der Waals surface area contributed by atoms with Crippen LogP contribution in [0.25, 0.3) is 0 Å². The maximum absolute atomic E-state index is 12.9. The third-order valence-electron chi connectivity index (χ3n) is 6.09. The molecule has 164 valence electrons. The third kappa shape index (κ3) is 4.13. The summed E-state index contributed by atoms with van der Waals surface area (Å²) in [4.78, 5) is 39.4. The van der Waals surface area contributed by atoms with Crippen LogP contribution in [-0.4, -0.2) is 88.5 Å². The molecule has 10 nitrogen and oxygen atoms in total. The van der Waals surface area contributed by atoms with E-state index in [1.54, 1.807) is 11.1 Å². The number of nitrogens with zero attached hydrogens (tertiary/aromatic N) is 5. The number of amides is 3. The zero-order chi connectivity index (χ0) is 21.3. The number of likely N-dealkylation sites (tertiary alicyclic amines) is 1. The topological polar surface area (TPSA) is 113 Å². The normalized spacial score (nSPS) is 21.1. The lowest BCUT2D eigenvalue weighted by Crippen LogP contribution is -2.52. The van der Waals surface area contributed by atoms with Crippen molar-refractivity contribution in [1.82, 2.24) is 23.9 Å². The van der Waals surface area contributed by atoms with Gasteiger partial charge in [-0.25, -0.2) is 8.42 Å². The summed E-state index contributed by atoms with van der Waals surface area (Å²) in [6, 6.07) is 0. The first-order valence-corrected chi connectivity index (χ1v) is 12.1. The van der Waals surface area contributed by atoms with Crippen molar-refractivity contribution < 1.29 is 22.8 Å². The van der Waals surface area contributed by atoms with Crippen molar-refractivity contribution in [3.63, 3.8) is 0 Å². The van der Waals surface area contributed by atoms with Crippen molar-refractivity contribution in [2.45, 2.75) is 45.1 Å². The summed E-state index contributed by atoms with van der Waals surface area (Å²) in [6.07, 6.45) is 5.66. The fourth-order valence-electron chi connectivity index (χ4n) is 4.32. The van der Waals surface area contributed by atoms with E-state index in [4.69, 9.17) is 0 Å². The van der Waals surface area contributed by atoms with E-state index in [2.05, 4.69) is 5.10 Å². The largest absolute Gasteiger partial charge is 0.336 e. The second-order valence-corrected chi connectivity index (χ2v) is 10.1. The van der Waals surface area contributed by atoms with Gasteiger partial charge in [0.15, 0.2) is 0 Å². The molecule has 1 aromatic rings. The fourth-order valence-corrected chi connectivity index (χ4v) is 5.72. The van der Waals surface area contributed by atoms with Gasteiger partial charge in [0, 0.05) is 52.1 Å². The highest BCUT2D eigenvalue weighted by Gasteiger charge is 2.33. The monoisotopic (exact) mass is 437 g/mol. The molecule has 4 rings (SSSR count). The molecule has 1 aromatic heterocycles. The molecule has 11 heteroatoms. The summed E-state index contributed by atoms with van der Waals surface area (Å²) in [5.74, 6) is -0.988. The van der Waals surface area contributed by atoms with Gasteiger partial charge in [-0.2, -0.15) is 9.40 Å². The number of sulfonamides is 1. The summed E-state index contributed by atoms with van der Waals surface area (Å²) in [6.45, 7) is 1.76. The zero-order valence-corrected chi connectivity index (χ0v) is 17.8. The first-order chi connectivity index (χ1) is 14.4. The third-order valence-corrected chi connectivity index (χ3v) is 7.94. The number of carbonyl (C=O) groups excluding carboxylic acids is 3. The van der Waals surface area contributed by atoms with Crippen LogP contribution < -0.4 is 0 Å². The van der Waals surface area contributed by atoms with Gasteiger partial charge in [-0.3, -0.25) is 24.0 Å². The predicted octanol–water partition coefficient (Wildman–Crippen LogP) is -0.154. The van der Waals surface area contributed by atoms with E-state index in [9.17, 15) is 22.8 Å². The van der Waals surface area contributed by atoms with Gasteiger partial charge < -0.3 is 4.90 Å². The minimum Gasteiger partial charge on any atom is -0.336 e. The number of carbonyl (C=O) groups is 3. The summed E-state index contributed by atoms with van der Waals surface area (Å²) in [7, 11) is -3.61. The Morgan fingerprint density at radius 3 is 2.33 bits per heavy atom. The maximum atomic E-state index is 12.9. The number of hydrogen-bond donors (Lipinski definition) is 0. The maximum Gasteiger partial charge on any atom is 0.257 e. The number of hydrogen-bond acceptors (Lipinski definition) is 6. The molecule has 0 unspecified atom stereocenters. The molecule has 3 aliphatic rings. The van der Waals surface area contributed by atoms with Crippen molar-refractivity contribution in [1.29, 1.82) is 0 Å². The fraction of sp³-hybridized carbons (Fsp3) is 0.684. The summed E-state index contributed by atoms with van der Waals surface area (Å²) >= 11 is 0. The zero-order valence-electron chi connectivity index (χ0n) is 17.0. The van der Waals surface area contributed by atoms with Gasteiger partial charge in [-0.05, 0) is 25.7 Å². The van der Waals surface area contributed by atoms with E-state index < -0.39 is 10.0 Å². The number of fused-ring (bicyclic) bond motifs is 1. The molecule has 0 N–H and O–H groups in total. The molecule has 0 aliphatic carbocycles. The SMILES string of the molecule is O=C(c1cnn2c1CCCC2)N1CCN(S(=O)(=O)CCN2C(=O)CCCC2=O)CC1. The molecule has 4 heterocycles. The van der Waals surface area contributed by atoms with Crippen LogP contribution in [0.5, 0.6) is 0 Å². The Morgan fingerprint density at radius 2 is 1.63 bits per heavy atom. The van der Waals surface area contributed by atoms with Crippen LogP contribution in [-0.2, 0) is 32.6 Å². The lowest BCUT2D eigenvalue weighted by atomic mass is 10.1. The van der Waals surface area contributed by atoms with Gasteiger partial charge in [0.05, 0.1) is 23.2 Å². The Kier molecular flexibility index (Phi) is 5.92. The smallest absolute Gasteiger partial charge is 0.257 e. The van der Waals surface area contributed by atoms with Crippen LogP contribution >= 0.6 is 0 Å². The number of piperazine rings is 1. The van der Waals surface area contributed by atoms with Crippen LogP contribution in [0.2, 0.25) is 0 Å². The molecule has 0 radical (unpaired) electrons. The highest BCUT2D eigenvalue weighted by atomic mass is 32.2. The molecule has 30 heavy (non-hydrogen) atoms. The highest BCUT2D eigenvalue weighted by molar-refractivity contribution is 7.89. The second-order valence-electron chi connectivity index (χ2n) is 7.99. The van der Waals surface area contributed by atoms with E-state index in [0.717, 1.165) is 36.4 Å². The number of rotatable bonds is 5. The summed E-state index contributed by atoms with van der Waals surface area (Å²) in [5.41, 5.74) is 1.59. The molecule has 0 atom stereocenters. The van der Waals surface area contributed by atoms with Gasteiger partial charge in [-0.1, -0.05) is 0 Å². The standard InChI is InChI=1S/C19H27N5O5S/c25-17-5-3-6-18(26)23(17)12-13-30(28,29)22-10-8-21(9-11-22)19(27)15-14-20-24-7-2-1-4-16(15)24/h14H,1-13H2. The van der Waals surface area contributed by atoms with Gasteiger partial charge >= 0.3 is 0 Å². The van der Waals surface area contributed by atoms with E-state index in [1.807, 2.05) is 4.68 Å². The average molecular weight is 438 g/mol. The van der Waals surface area contributed by atoms with E-state index in [0.29, 0.717) is 25.1 Å². The Hall–Kier alpha value is -2.27. The number of aromatic nitrogens is 2. The number of imide groups is 1. The van der Waals surface area contributed by atoms with Crippen LogP contribution in [0, 0.1) is 0 Å². The Morgan fingerprint density at radius 1 is 0.933 bits per heavy atom. The molecule has 2 saturated heterocycles. The molecule has 0 bridgehead atoms. The Balaban J connectivity index is 1.33.